The molecule has 0 saturated carbocycles. The summed E-state index contributed by atoms with van der Waals surface area (Å²) in [5.41, 5.74) is 0.975. The Morgan fingerprint density at radius 3 is 2.39 bits per heavy atom. The average molecular weight is 325 g/mol. The molecule has 23 heavy (non-hydrogen) atoms. The number of nitrogens with zero attached hydrogens (tertiary/aromatic N) is 1. The molecule has 5 unspecified atom stereocenters. The molecule has 0 bridgehead atoms. The number of hydrogen-bond donors (Lipinski definition) is 3. The van der Waals surface area contributed by atoms with E-state index in [2.05, 4.69) is 4.99 Å². The first-order valence-electron chi connectivity index (χ1n) is 7.42. The summed E-state index contributed by atoms with van der Waals surface area (Å²) >= 11 is 0. The van der Waals surface area contributed by atoms with Crippen molar-refractivity contribution in [3.8, 4) is 5.75 Å². The molecule has 7 heteroatoms. The first-order valence-corrected chi connectivity index (χ1v) is 7.42. The molecule has 1 fully saturated rings. The summed E-state index contributed by atoms with van der Waals surface area (Å²) in [6.07, 6.45) is -5.45. The van der Waals surface area contributed by atoms with Crippen LogP contribution in [0.15, 0.2) is 29.3 Å². The Morgan fingerprint density at radius 2 is 1.78 bits per heavy atom. The number of hydrogen-bond acceptors (Lipinski definition) is 7. The van der Waals surface area contributed by atoms with Crippen LogP contribution in [0.25, 0.3) is 0 Å². The lowest BCUT2D eigenvalue weighted by molar-refractivity contribution is -0.268. The lowest BCUT2D eigenvalue weighted by atomic mass is 10.00. The van der Waals surface area contributed by atoms with Crippen molar-refractivity contribution in [2.24, 2.45) is 4.99 Å². The highest BCUT2D eigenvalue weighted by Crippen LogP contribution is 2.24. The Labute approximate surface area is 135 Å². The summed E-state index contributed by atoms with van der Waals surface area (Å²) in [6, 6.07) is 7.13. The van der Waals surface area contributed by atoms with Crippen molar-refractivity contribution in [2.45, 2.75) is 51.1 Å². The van der Waals surface area contributed by atoms with E-state index in [0.29, 0.717) is 18.2 Å². The third-order valence-electron chi connectivity index (χ3n) is 3.76. The van der Waals surface area contributed by atoms with Gasteiger partial charge in [-0.25, -0.2) is 0 Å². The molecule has 128 valence electrons. The maximum atomic E-state index is 9.92. The fraction of sp³-hybridized carbons (Fsp3) is 0.562. The summed E-state index contributed by atoms with van der Waals surface area (Å²) in [6.45, 7) is 3.87. The predicted octanol–water partition coefficient (Wildman–Crippen LogP) is 0.458. The molecule has 1 heterocycles. The molecular weight excluding hydrogens is 302 g/mol. The van der Waals surface area contributed by atoms with Crippen molar-refractivity contribution in [3.63, 3.8) is 0 Å². The van der Waals surface area contributed by atoms with Crippen LogP contribution < -0.4 is 4.74 Å². The van der Waals surface area contributed by atoms with E-state index in [4.69, 9.17) is 14.2 Å². The molecular formula is C16H23NO6. The number of aliphatic imine (C=N–C) groups is 1. The highest BCUT2D eigenvalue weighted by molar-refractivity contribution is 5.72. The first-order chi connectivity index (χ1) is 10.9. The molecule has 1 aromatic carbocycles. The van der Waals surface area contributed by atoms with E-state index in [9.17, 15) is 15.3 Å². The van der Waals surface area contributed by atoms with E-state index in [1.54, 1.807) is 33.1 Å². The van der Waals surface area contributed by atoms with Gasteiger partial charge in [0.2, 0.25) is 6.29 Å². The summed E-state index contributed by atoms with van der Waals surface area (Å²) < 4.78 is 15.9. The Kier molecular flexibility index (Phi) is 5.95. The van der Waals surface area contributed by atoms with E-state index < -0.39 is 30.7 Å². The Morgan fingerprint density at radius 1 is 1.13 bits per heavy atom. The average Bonchev–Trinajstić information content (AvgIpc) is 2.56. The van der Waals surface area contributed by atoms with Gasteiger partial charge in [-0.05, 0) is 24.6 Å². The van der Waals surface area contributed by atoms with Gasteiger partial charge in [-0.2, -0.15) is 0 Å². The second kappa shape index (κ2) is 7.74. The number of aliphatic hydroxyl groups excluding tert-OH is 3. The maximum Gasteiger partial charge on any atom is 0.229 e. The van der Waals surface area contributed by atoms with Crippen LogP contribution in [-0.4, -0.2) is 59.0 Å². The van der Waals surface area contributed by atoms with Gasteiger partial charge in [-0.3, -0.25) is 4.99 Å². The Balaban J connectivity index is 1.98. The van der Waals surface area contributed by atoms with Crippen LogP contribution in [0, 0.1) is 0 Å². The largest absolute Gasteiger partial charge is 0.484 e. The van der Waals surface area contributed by atoms with E-state index in [0.717, 1.165) is 5.56 Å². The number of ether oxygens (including phenoxy) is 3. The minimum Gasteiger partial charge on any atom is -0.484 e. The van der Waals surface area contributed by atoms with Crippen molar-refractivity contribution in [3.05, 3.63) is 29.8 Å². The number of methoxy groups -OCH3 is 1. The third-order valence-corrected chi connectivity index (χ3v) is 3.76. The second-order valence-electron chi connectivity index (χ2n) is 5.48. The summed E-state index contributed by atoms with van der Waals surface area (Å²) in [7, 11) is 1.57. The van der Waals surface area contributed by atoms with E-state index in [-0.39, 0.29) is 0 Å². The van der Waals surface area contributed by atoms with Gasteiger partial charge in [0.25, 0.3) is 0 Å². The molecule has 1 saturated heterocycles. The van der Waals surface area contributed by atoms with Gasteiger partial charge in [0, 0.05) is 6.92 Å². The molecule has 0 spiro atoms. The van der Waals surface area contributed by atoms with Crippen LogP contribution in [0.2, 0.25) is 0 Å². The minimum atomic E-state index is -1.32. The molecule has 2 rings (SSSR count). The van der Waals surface area contributed by atoms with Crippen molar-refractivity contribution in [1.82, 2.24) is 0 Å². The lowest BCUT2D eigenvalue weighted by Gasteiger charge is -2.38. The van der Waals surface area contributed by atoms with E-state index in [1.807, 2.05) is 12.1 Å². The smallest absolute Gasteiger partial charge is 0.229 e. The molecule has 1 aromatic rings. The quantitative estimate of drug-likeness (QED) is 0.549. The predicted molar refractivity (Wildman–Crippen MR) is 83.2 cm³/mol. The highest BCUT2D eigenvalue weighted by Gasteiger charge is 2.43. The molecule has 1 aliphatic rings. The van der Waals surface area contributed by atoms with Gasteiger partial charge < -0.3 is 29.5 Å². The van der Waals surface area contributed by atoms with Gasteiger partial charge in [-0.1, -0.05) is 12.1 Å². The van der Waals surface area contributed by atoms with Gasteiger partial charge in [-0.15, -0.1) is 0 Å². The maximum absolute atomic E-state index is 9.92. The summed E-state index contributed by atoms with van der Waals surface area (Å²) in [5, 5.41) is 29.3. The standard InChI is InChI=1S/C16H23NO6/c1-9-13(18)14(19)15(20)16(22-9)23-12-6-4-11(5-7-12)8-17-10(2)21-3/h4-7,9,13-16,18-20H,8H2,1-3H3/b17-10+. The summed E-state index contributed by atoms with van der Waals surface area (Å²) in [5.74, 6) is 1.09. The van der Waals surface area contributed by atoms with Gasteiger partial charge in [0.05, 0.1) is 19.8 Å². The topological polar surface area (TPSA) is 101 Å². The van der Waals surface area contributed by atoms with Crippen LogP contribution in [0.1, 0.15) is 19.4 Å². The van der Waals surface area contributed by atoms with Crippen LogP contribution in [-0.2, 0) is 16.0 Å². The fourth-order valence-corrected chi connectivity index (χ4v) is 2.19. The number of aliphatic hydroxyl groups is 3. The van der Waals surface area contributed by atoms with Gasteiger partial charge in [0.15, 0.2) is 5.90 Å². The zero-order valence-electron chi connectivity index (χ0n) is 13.4. The Bertz CT molecular complexity index is 532. The zero-order chi connectivity index (χ0) is 17.0. The minimum absolute atomic E-state index is 0.487. The molecule has 7 nitrogen and oxygen atoms in total. The lowest BCUT2D eigenvalue weighted by Crippen LogP contribution is -2.58. The molecule has 0 radical (unpaired) electrons. The van der Waals surface area contributed by atoms with Crippen LogP contribution >= 0.6 is 0 Å². The fourth-order valence-electron chi connectivity index (χ4n) is 2.19. The van der Waals surface area contributed by atoms with Crippen LogP contribution in [0.5, 0.6) is 5.75 Å². The highest BCUT2D eigenvalue weighted by atomic mass is 16.7. The van der Waals surface area contributed by atoms with Crippen molar-refractivity contribution in [2.75, 3.05) is 7.11 Å². The summed E-state index contributed by atoms with van der Waals surface area (Å²) in [4.78, 5) is 4.23. The zero-order valence-corrected chi connectivity index (χ0v) is 13.4. The van der Waals surface area contributed by atoms with Gasteiger partial charge >= 0.3 is 0 Å². The monoisotopic (exact) mass is 325 g/mol. The normalized spacial score (nSPS) is 31.7. The second-order valence-corrected chi connectivity index (χ2v) is 5.48. The molecule has 0 aromatic heterocycles. The van der Waals surface area contributed by atoms with Gasteiger partial charge in [0.1, 0.15) is 24.1 Å². The van der Waals surface area contributed by atoms with Crippen molar-refractivity contribution >= 4 is 5.90 Å². The molecule has 0 amide bonds. The van der Waals surface area contributed by atoms with E-state index in [1.165, 1.54) is 0 Å². The third kappa shape index (κ3) is 4.42. The number of rotatable bonds is 4. The Hall–Kier alpha value is -1.67. The van der Waals surface area contributed by atoms with Crippen molar-refractivity contribution in [1.29, 1.82) is 0 Å². The van der Waals surface area contributed by atoms with Crippen LogP contribution in [0.4, 0.5) is 0 Å². The molecule has 3 N–H and O–H groups in total. The van der Waals surface area contributed by atoms with E-state index >= 15 is 0 Å². The molecule has 0 aliphatic carbocycles. The van der Waals surface area contributed by atoms with Crippen LogP contribution in [0.3, 0.4) is 0 Å². The SMILES string of the molecule is CO/C(C)=N/Cc1ccc(OC2OC(C)C(O)C(O)C2O)cc1. The van der Waals surface area contributed by atoms with Crippen molar-refractivity contribution < 1.29 is 29.5 Å². The molecule has 1 aliphatic heterocycles. The first kappa shape index (κ1) is 17.7. The molecule has 5 atom stereocenters. The number of benzene rings is 1.